The Bertz CT molecular complexity index is 2760. The molecule has 3 heterocycles. The summed E-state index contributed by atoms with van der Waals surface area (Å²) in [4.78, 5) is 15.5. The molecule has 0 atom stereocenters. The van der Waals surface area contributed by atoms with Gasteiger partial charge in [-0.3, -0.25) is 4.57 Å². The number of hydrogen-bond donors (Lipinski definition) is 0. The van der Waals surface area contributed by atoms with Crippen LogP contribution in [0.25, 0.3) is 92.2 Å². The molecule has 0 saturated heterocycles. The SMILES string of the molecule is c1ccc(-c2nc(-c3cccc4sc5c(ccc6ccc7ccccc7c65)c34)nc(-n3c4ccccc4c4ccccc43)n2)cc1. The average molecular weight is 605 g/mol. The van der Waals surface area contributed by atoms with Crippen molar-refractivity contribution in [2.45, 2.75) is 0 Å². The van der Waals surface area contributed by atoms with Crippen LogP contribution in [-0.4, -0.2) is 19.5 Å². The molecule has 0 radical (unpaired) electrons. The van der Waals surface area contributed by atoms with Crippen LogP contribution in [0.3, 0.4) is 0 Å². The molecule has 10 aromatic rings. The van der Waals surface area contributed by atoms with Gasteiger partial charge in [0, 0.05) is 47.5 Å². The third-order valence-corrected chi connectivity index (χ3v) is 10.2. The molecular formula is C41H24N4S. The molecule has 0 aliphatic carbocycles. The van der Waals surface area contributed by atoms with E-state index in [1.807, 2.05) is 29.5 Å². The van der Waals surface area contributed by atoms with E-state index in [1.54, 1.807) is 0 Å². The van der Waals surface area contributed by atoms with Crippen LogP contribution >= 0.6 is 11.3 Å². The number of hydrogen-bond acceptors (Lipinski definition) is 4. The summed E-state index contributed by atoms with van der Waals surface area (Å²) in [6.07, 6.45) is 0. The molecule has 0 unspecified atom stereocenters. The van der Waals surface area contributed by atoms with Crippen LogP contribution in [0.1, 0.15) is 0 Å². The molecule has 0 aliphatic rings. The topological polar surface area (TPSA) is 43.6 Å². The first-order valence-electron chi connectivity index (χ1n) is 15.4. The third kappa shape index (κ3) is 3.69. The summed E-state index contributed by atoms with van der Waals surface area (Å²) < 4.78 is 4.68. The number of benzene rings is 7. The van der Waals surface area contributed by atoms with Gasteiger partial charge in [0.25, 0.3) is 0 Å². The van der Waals surface area contributed by atoms with E-state index in [1.165, 1.54) is 52.5 Å². The number of aromatic nitrogens is 4. The van der Waals surface area contributed by atoms with Crippen molar-refractivity contribution in [3.63, 3.8) is 0 Å². The van der Waals surface area contributed by atoms with Gasteiger partial charge in [-0.05, 0) is 34.4 Å². The molecule has 0 bridgehead atoms. The smallest absolute Gasteiger partial charge is 0.238 e. The number of nitrogens with zero attached hydrogens (tertiary/aromatic N) is 4. The molecule has 46 heavy (non-hydrogen) atoms. The zero-order chi connectivity index (χ0) is 30.2. The van der Waals surface area contributed by atoms with Gasteiger partial charge in [0.15, 0.2) is 11.6 Å². The number of rotatable bonds is 3. The van der Waals surface area contributed by atoms with Gasteiger partial charge in [0.2, 0.25) is 5.95 Å². The van der Waals surface area contributed by atoms with Crippen LogP contribution in [0.15, 0.2) is 146 Å². The van der Waals surface area contributed by atoms with Crippen LogP contribution in [-0.2, 0) is 0 Å². The second-order valence-corrected chi connectivity index (χ2v) is 12.7. The third-order valence-electron chi connectivity index (χ3n) is 9.05. The normalized spacial score (nSPS) is 11.9. The van der Waals surface area contributed by atoms with E-state index in [-0.39, 0.29) is 0 Å². The molecule has 0 N–H and O–H groups in total. The Morgan fingerprint density at radius 1 is 0.435 bits per heavy atom. The first-order chi connectivity index (χ1) is 22.8. The predicted molar refractivity (Wildman–Crippen MR) is 193 cm³/mol. The van der Waals surface area contributed by atoms with Crippen LogP contribution in [0.2, 0.25) is 0 Å². The van der Waals surface area contributed by atoms with Gasteiger partial charge < -0.3 is 0 Å². The van der Waals surface area contributed by atoms with Crippen molar-refractivity contribution in [1.82, 2.24) is 19.5 Å². The van der Waals surface area contributed by atoms with Crippen LogP contribution < -0.4 is 0 Å². The van der Waals surface area contributed by atoms with Crippen molar-refractivity contribution >= 4 is 74.9 Å². The van der Waals surface area contributed by atoms with E-state index >= 15 is 0 Å². The van der Waals surface area contributed by atoms with Gasteiger partial charge in [-0.2, -0.15) is 9.97 Å². The highest BCUT2D eigenvalue weighted by molar-refractivity contribution is 7.27. The van der Waals surface area contributed by atoms with Crippen molar-refractivity contribution in [3.8, 4) is 28.7 Å². The van der Waals surface area contributed by atoms with Crippen molar-refractivity contribution in [1.29, 1.82) is 0 Å². The predicted octanol–water partition coefficient (Wildman–Crippen LogP) is 11.0. The van der Waals surface area contributed by atoms with Gasteiger partial charge in [-0.15, -0.1) is 11.3 Å². The zero-order valence-corrected chi connectivity index (χ0v) is 25.4. The minimum absolute atomic E-state index is 0.606. The maximum Gasteiger partial charge on any atom is 0.238 e. The number of fused-ring (bicyclic) bond motifs is 10. The van der Waals surface area contributed by atoms with Gasteiger partial charge in [-0.25, -0.2) is 4.98 Å². The van der Waals surface area contributed by atoms with Crippen LogP contribution in [0, 0.1) is 0 Å². The summed E-state index contributed by atoms with van der Waals surface area (Å²) in [6.45, 7) is 0. The van der Waals surface area contributed by atoms with E-state index in [4.69, 9.17) is 15.0 Å². The Morgan fingerprint density at radius 2 is 1.09 bits per heavy atom. The number of thiophene rings is 1. The lowest BCUT2D eigenvalue weighted by atomic mass is 9.98. The summed E-state index contributed by atoms with van der Waals surface area (Å²) in [7, 11) is 0. The maximum atomic E-state index is 5.27. The second kappa shape index (κ2) is 9.80. The fourth-order valence-electron chi connectivity index (χ4n) is 7.00. The lowest BCUT2D eigenvalue weighted by Gasteiger charge is -2.11. The highest BCUT2D eigenvalue weighted by Crippen LogP contribution is 2.44. The van der Waals surface area contributed by atoms with E-state index in [0.29, 0.717) is 17.6 Å². The Labute approximate surface area is 267 Å². The molecule has 4 nitrogen and oxygen atoms in total. The Morgan fingerprint density at radius 3 is 1.89 bits per heavy atom. The fourth-order valence-corrected chi connectivity index (χ4v) is 8.30. The Kier molecular flexibility index (Phi) is 5.41. The molecule has 0 saturated carbocycles. The molecule has 0 spiro atoms. The van der Waals surface area contributed by atoms with Crippen LogP contribution in [0.5, 0.6) is 0 Å². The molecule has 3 aromatic heterocycles. The van der Waals surface area contributed by atoms with Gasteiger partial charge in [0.05, 0.1) is 11.0 Å². The molecule has 214 valence electrons. The maximum absolute atomic E-state index is 5.27. The minimum Gasteiger partial charge on any atom is -0.278 e. The van der Waals surface area contributed by atoms with Gasteiger partial charge in [0.1, 0.15) is 0 Å². The summed E-state index contributed by atoms with van der Waals surface area (Å²) in [5.74, 6) is 1.92. The van der Waals surface area contributed by atoms with E-state index in [2.05, 4.69) is 132 Å². The molecule has 0 amide bonds. The monoisotopic (exact) mass is 604 g/mol. The fraction of sp³-hybridized carbons (Fsp3) is 0. The van der Waals surface area contributed by atoms with Crippen LogP contribution in [0.4, 0.5) is 0 Å². The first-order valence-corrected chi connectivity index (χ1v) is 16.2. The Hall–Kier alpha value is -5.91. The van der Waals surface area contributed by atoms with E-state index in [9.17, 15) is 0 Å². The highest BCUT2D eigenvalue weighted by atomic mass is 32.1. The Balaban J connectivity index is 1.30. The summed E-state index contributed by atoms with van der Waals surface area (Å²) in [6, 6.07) is 51.3. The standard InChI is InChI=1S/C41H24N4S/c1-2-12-27(13-3-1)39-42-40(44-41(43-39)45-33-18-8-6-15-29(33)30-16-7-9-19-34(30)45)32-17-10-20-35-37(32)31-24-23-26-22-21-25-11-4-5-14-28(25)36(26)38(31)46-35/h1-24H. The summed E-state index contributed by atoms with van der Waals surface area (Å²) in [5, 5.41) is 9.82. The second-order valence-electron chi connectivity index (χ2n) is 11.6. The summed E-state index contributed by atoms with van der Waals surface area (Å²) >= 11 is 1.84. The average Bonchev–Trinajstić information content (AvgIpc) is 3.68. The van der Waals surface area contributed by atoms with Crippen molar-refractivity contribution in [3.05, 3.63) is 146 Å². The molecule has 5 heteroatoms. The number of para-hydroxylation sites is 2. The summed E-state index contributed by atoms with van der Waals surface area (Å²) in [5.41, 5.74) is 4.09. The molecular weight excluding hydrogens is 581 g/mol. The first kappa shape index (κ1) is 25.4. The van der Waals surface area contributed by atoms with Crippen molar-refractivity contribution in [2.75, 3.05) is 0 Å². The zero-order valence-electron chi connectivity index (χ0n) is 24.6. The minimum atomic E-state index is 0.606. The molecule has 7 aromatic carbocycles. The van der Waals surface area contributed by atoms with Gasteiger partial charge >= 0.3 is 0 Å². The molecule has 0 aliphatic heterocycles. The molecule has 0 fully saturated rings. The van der Waals surface area contributed by atoms with Crippen molar-refractivity contribution in [2.24, 2.45) is 0 Å². The lowest BCUT2D eigenvalue weighted by Crippen LogP contribution is -2.06. The highest BCUT2D eigenvalue weighted by Gasteiger charge is 2.20. The van der Waals surface area contributed by atoms with E-state index < -0.39 is 0 Å². The molecule has 10 rings (SSSR count). The van der Waals surface area contributed by atoms with E-state index in [0.717, 1.165) is 22.2 Å². The van der Waals surface area contributed by atoms with Gasteiger partial charge in [-0.1, -0.05) is 127 Å². The lowest BCUT2D eigenvalue weighted by molar-refractivity contribution is 0.954. The quantitative estimate of drug-likeness (QED) is 0.188. The largest absolute Gasteiger partial charge is 0.278 e. The van der Waals surface area contributed by atoms with Crippen molar-refractivity contribution < 1.29 is 0 Å².